The fraction of sp³-hybridized carbons (Fsp3) is 0. The summed E-state index contributed by atoms with van der Waals surface area (Å²) in [6.07, 6.45) is 0. The molecule has 0 aliphatic rings. The summed E-state index contributed by atoms with van der Waals surface area (Å²) in [5, 5.41) is 8.58. The number of hydrogen-bond donors (Lipinski definition) is 0. The summed E-state index contributed by atoms with van der Waals surface area (Å²) in [5.41, 5.74) is 0.0448. The minimum atomic E-state index is -0.0254. The Kier molecular flexibility index (Phi) is 3.03. The van der Waals surface area contributed by atoms with Crippen molar-refractivity contribution in [3.8, 4) is 6.07 Å². The average molecular weight is 242 g/mol. The molecule has 1 rings (SSSR count). The second-order valence-electron chi connectivity index (χ2n) is 1.81. The quantitative estimate of drug-likeness (QED) is 0.652. The van der Waals surface area contributed by atoms with Gasteiger partial charge in [0.2, 0.25) is 0 Å². The van der Waals surface area contributed by atoms with E-state index in [1.165, 1.54) is 0 Å². The van der Waals surface area contributed by atoms with E-state index in [9.17, 15) is 0 Å². The van der Waals surface area contributed by atoms with Crippen LogP contribution in [-0.2, 0) is 0 Å². The lowest BCUT2D eigenvalue weighted by Gasteiger charge is -2.01. The van der Waals surface area contributed by atoms with E-state index in [1.807, 2.05) is 0 Å². The lowest BCUT2D eigenvalue weighted by Crippen LogP contribution is -1.87. The predicted octanol–water partition coefficient (Wildman–Crippen LogP) is 3.57. The van der Waals surface area contributed by atoms with Crippen LogP contribution in [-0.4, -0.2) is 4.98 Å². The zero-order valence-corrected chi connectivity index (χ0v) is 8.43. The second-order valence-corrected chi connectivity index (χ2v) is 3.28. The topological polar surface area (TPSA) is 36.7 Å². The molecular formula is C6Cl4N2. The molecule has 0 bridgehead atoms. The van der Waals surface area contributed by atoms with Crippen molar-refractivity contribution in [3.05, 3.63) is 25.9 Å². The van der Waals surface area contributed by atoms with Crippen LogP contribution in [0.2, 0.25) is 20.4 Å². The lowest BCUT2D eigenvalue weighted by molar-refractivity contribution is 1.31. The van der Waals surface area contributed by atoms with Crippen molar-refractivity contribution in [1.82, 2.24) is 4.98 Å². The van der Waals surface area contributed by atoms with Crippen LogP contribution in [0.1, 0.15) is 5.56 Å². The number of halogens is 4. The van der Waals surface area contributed by atoms with Crippen molar-refractivity contribution in [2.75, 3.05) is 0 Å². The summed E-state index contributed by atoms with van der Waals surface area (Å²) >= 11 is 22.3. The minimum absolute atomic E-state index is 0.0218. The molecule has 1 aromatic heterocycles. The molecule has 0 aliphatic heterocycles. The molecule has 0 spiro atoms. The number of nitrogens with zero attached hydrogens (tertiary/aromatic N) is 2. The monoisotopic (exact) mass is 240 g/mol. The highest BCUT2D eigenvalue weighted by Gasteiger charge is 2.14. The summed E-state index contributed by atoms with van der Waals surface area (Å²) < 4.78 is 0. The summed E-state index contributed by atoms with van der Waals surface area (Å²) in [5.74, 6) is 0. The molecule has 0 aromatic carbocycles. The van der Waals surface area contributed by atoms with Crippen LogP contribution in [0, 0.1) is 11.3 Å². The molecule has 0 radical (unpaired) electrons. The maximum atomic E-state index is 8.58. The van der Waals surface area contributed by atoms with Crippen LogP contribution < -0.4 is 0 Å². The summed E-state index contributed by atoms with van der Waals surface area (Å²) in [6, 6.07) is 1.77. The van der Waals surface area contributed by atoms with Crippen molar-refractivity contribution in [2.45, 2.75) is 0 Å². The molecule has 6 heteroatoms. The minimum Gasteiger partial charge on any atom is -0.221 e. The number of nitriles is 1. The van der Waals surface area contributed by atoms with Gasteiger partial charge in [-0.3, -0.25) is 0 Å². The van der Waals surface area contributed by atoms with Gasteiger partial charge in [-0.25, -0.2) is 4.98 Å². The van der Waals surface area contributed by atoms with Gasteiger partial charge in [0.25, 0.3) is 0 Å². The van der Waals surface area contributed by atoms with Crippen LogP contribution in [0.4, 0.5) is 0 Å². The molecule has 0 aliphatic carbocycles. The van der Waals surface area contributed by atoms with Crippen molar-refractivity contribution < 1.29 is 0 Å². The molecule has 0 amide bonds. The number of rotatable bonds is 0. The zero-order valence-electron chi connectivity index (χ0n) is 5.41. The molecule has 0 unspecified atom stereocenters. The fourth-order valence-electron chi connectivity index (χ4n) is 0.585. The SMILES string of the molecule is N#Cc1c(Cl)c(Cl)nc(Cl)c1Cl. The Morgan fingerprint density at radius 1 is 1.00 bits per heavy atom. The van der Waals surface area contributed by atoms with Crippen molar-refractivity contribution in [1.29, 1.82) is 5.26 Å². The van der Waals surface area contributed by atoms with E-state index < -0.39 is 0 Å². The van der Waals surface area contributed by atoms with Crippen LogP contribution in [0.15, 0.2) is 0 Å². The van der Waals surface area contributed by atoms with E-state index in [-0.39, 0.29) is 25.9 Å². The van der Waals surface area contributed by atoms with E-state index in [1.54, 1.807) is 6.07 Å². The lowest BCUT2D eigenvalue weighted by atomic mass is 10.3. The van der Waals surface area contributed by atoms with Gasteiger partial charge in [0.1, 0.15) is 6.07 Å². The summed E-state index contributed by atoms with van der Waals surface area (Å²) in [4.78, 5) is 3.60. The van der Waals surface area contributed by atoms with Crippen LogP contribution in [0.3, 0.4) is 0 Å². The van der Waals surface area contributed by atoms with Gasteiger partial charge in [0.15, 0.2) is 10.3 Å². The zero-order chi connectivity index (χ0) is 9.30. The highest BCUT2D eigenvalue weighted by atomic mass is 35.5. The summed E-state index contributed by atoms with van der Waals surface area (Å²) in [7, 11) is 0. The maximum Gasteiger partial charge on any atom is 0.150 e. The molecule has 62 valence electrons. The standard InChI is InChI=1S/C6Cl4N2/c7-3-2(1-11)4(8)6(10)12-5(3)9. The number of hydrogen-bond acceptors (Lipinski definition) is 2. The summed E-state index contributed by atoms with van der Waals surface area (Å²) in [6.45, 7) is 0. The highest BCUT2D eigenvalue weighted by Crippen LogP contribution is 2.33. The van der Waals surface area contributed by atoms with E-state index in [4.69, 9.17) is 51.7 Å². The van der Waals surface area contributed by atoms with Gasteiger partial charge in [-0.05, 0) is 0 Å². The first-order valence-electron chi connectivity index (χ1n) is 2.68. The van der Waals surface area contributed by atoms with Gasteiger partial charge >= 0.3 is 0 Å². The van der Waals surface area contributed by atoms with Gasteiger partial charge in [0, 0.05) is 0 Å². The first-order chi connectivity index (χ1) is 5.57. The van der Waals surface area contributed by atoms with Crippen LogP contribution >= 0.6 is 46.4 Å². The largest absolute Gasteiger partial charge is 0.221 e. The molecule has 2 nitrogen and oxygen atoms in total. The van der Waals surface area contributed by atoms with Crippen LogP contribution in [0.5, 0.6) is 0 Å². The number of pyridine rings is 1. The Bertz CT molecular complexity index is 343. The van der Waals surface area contributed by atoms with Gasteiger partial charge in [-0.1, -0.05) is 46.4 Å². The Labute approximate surface area is 88.6 Å². The molecule has 0 saturated carbocycles. The van der Waals surface area contributed by atoms with Crippen molar-refractivity contribution in [2.24, 2.45) is 0 Å². The molecule has 1 aromatic rings. The second kappa shape index (κ2) is 3.68. The van der Waals surface area contributed by atoms with E-state index in [2.05, 4.69) is 4.98 Å². The Morgan fingerprint density at radius 3 is 1.75 bits per heavy atom. The van der Waals surface area contributed by atoms with Gasteiger partial charge in [-0.15, -0.1) is 0 Å². The highest BCUT2D eigenvalue weighted by molar-refractivity contribution is 6.46. The maximum absolute atomic E-state index is 8.58. The van der Waals surface area contributed by atoms with Gasteiger partial charge in [-0.2, -0.15) is 5.26 Å². The molecule has 0 N–H and O–H groups in total. The van der Waals surface area contributed by atoms with E-state index in [0.717, 1.165) is 0 Å². The third kappa shape index (κ3) is 1.60. The first kappa shape index (κ1) is 9.88. The van der Waals surface area contributed by atoms with Crippen LogP contribution in [0.25, 0.3) is 0 Å². The predicted molar refractivity (Wildman–Crippen MR) is 49.0 cm³/mol. The molecule has 0 saturated heterocycles. The molecule has 12 heavy (non-hydrogen) atoms. The van der Waals surface area contributed by atoms with Crippen molar-refractivity contribution in [3.63, 3.8) is 0 Å². The Hall–Kier alpha value is -0.200. The van der Waals surface area contributed by atoms with Crippen molar-refractivity contribution >= 4 is 46.4 Å². The molecular weight excluding hydrogens is 242 g/mol. The number of aromatic nitrogens is 1. The molecule has 0 atom stereocenters. The molecule has 0 fully saturated rings. The fourth-order valence-corrected chi connectivity index (χ4v) is 1.39. The normalized spacial score (nSPS) is 9.58. The Morgan fingerprint density at radius 2 is 1.42 bits per heavy atom. The average Bonchev–Trinajstić information content (AvgIpc) is 2.02. The third-order valence-corrected chi connectivity index (χ3v) is 2.59. The first-order valence-corrected chi connectivity index (χ1v) is 4.19. The molecule has 1 heterocycles. The Balaban J connectivity index is 3.56. The van der Waals surface area contributed by atoms with Gasteiger partial charge < -0.3 is 0 Å². The van der Waals surface area contributed by atoms with E-state index in [0.29, 0.717) is 0 Å². The smallest absolute Gasteiger partial charge is 0.150 e. The van der Waals surface area contributed by atoms with E-state index >= 15 is 0 Å². The third-order valence-electron chi connectivity index (χ3n) is 1.11. The van der Waals surface area contributed by atoms with Gasteiger partial charge in [0.05, 0.1) is 15.6 Å².